The van der Waals surface area contributed by atoms with Crippen LogP contribution in [0, 0.1) is 0 Å². The average Bonchev–Trinajstić information content (AvgIpc) is 2.38. The lowest BCUT2D eigenvalue weighted by atomic mass is 10.1. The minimum absolute atomic E-state index is 0.0166. The minimum Gasteiger partial charge on any atom is -0.380 e. The van der Waals surface area contributed by atoms with E-state index in [1.54, 1.807) is 19.1 Å². The molecule has 2 atom stereocenters. The molecule has 0 spiro atoms. The fourth-order valence-electron chi connectivity index (χ4n) is 1.79. The molecule has 1 aromatic carbocycles. The number of amides is 1. The lowest BCUT2D eigenvalue weighted by Gasteiger charge is -2.23. The predicted molar refractivity (Wildman–Crippen MR) is 72.2 cm³/mol. The van der Waals surface area contributed by atoms with Crippen molar-refractivity contribution in [3.63, 3.8) is 0 Å². The zero-order chi connectivity index (χ0) is 13.5. The van der Waals surface area contributed by atoms with Gasteiger partial charge < -0.3 is 15.4 Å². The van der Waals surface area contributed by atoms with Gasteiger partial charge in [0.05, 0.1) is 12.1 Å². The van der Waals surface area contributed by atoms with E-state index in [9.17, 15) is 4.79 Å². The number of ether oxygens (including phenoxy) is 1. The van der Waals surface area contributed by atoms with E-state index in [0.29, 0.717) is 13.0 Å². The molecule has 0 radical (unpaired) electrons. The van der Waals surface area contributed by atoms with Gasteiger partial charge in [0.1, 0.15) is 0 Å². The van der Waals surface area contributed by atoms with Gasteiger partial charge in [-0.1, -0.05) is 30.3 Å². The lowest BCUT2D eigenvalue weighted by Crippen LogP contribution is -2.45. The largest absolute Gasteiger partial charge is 0.380 e. The molecule has 0 saturated heterocycles. The first-order valence-electron chi connectivity index (χ1n) is 6.12. The van der Waals surface area contributed by atoms with Crippen molar-refractivity contribution in [3.05, 3.63) is 35.9 Å². The second-order valence-corrected chi connectivity index (χ2v) is 4.56. The standard InChI is InChI=1S/C14H22N2O2/c1-11(18-3)10-16(2)14(17)13(15)9-12-7-5-4-6-8-12/h4-8,11,13H,9-10,15H2,1-3H3/t11?,13-/m0/s1. The molecule has 100 valence electrons. The zero-order valence-electron chi connectivity index (χ0n) is 11.3. The van der Waals surface area contributed by atoms with Crippen molar-refractivity contribution in [2.24, 2.45) is 5.73 Å². The Morgan fingerprint density at radius 3 is 2.56 bits per heavy atom. The molecule has 0 fully saturated rings. The molecule has 4 nitrogen and oxygen atoms in total. The van der Waals surface area contributed by atoms with Crippen molar-refractivity contribution in [2.45, 2.75) is 25.5 Å². The van der Waals surface area contributed by atoms with Crippen LogP contribution < -0.4 is 5.73 Å². The highest BCUT2D eigenvalue weighted by Gasteiger charge is 2.19. The first-order valence-corrected chi connectivity index (χ1v) is 6.12. The summed E-state index contributed by atoms with van der Waals surface area (Å²) in [4.78, 5) is 13.7. The molecule has 0 aliphatic rings. The maximum Gasteiger partial charge on any atom is 0.239 e. The molecular formula is C14H22N2O2. The maximum absolute atomic E-state index is 12.0. The minimum atomic E-state index is -0.499. The van der Waals surface area contributed by atoms with Crippen molar-refractivity contribution in [1.29, 1.82) is 0 Å². The first kappa shape index (κ1) is 14.7. The van der Waals surface area contributed by atoms with Crippen molar-refractivity contribution in [3.8, 4) is 0 Å². The summed E-state index contributed by atoms with van der Waals surface area (Å²) >= 11 is 0. The Morgan fingerprint density at radius 2 is 2.00 bits per heavy atom. The Bertz CT molecular complexity index is 367. The summed E-state index contributed by atoms with van der Waals surface area (Å²) in [5.41, 5.74) is 7.01. The van der Waals surface area contributed by atoms with E-state index < -0.39 is 6.04 Å². The third-order valence-corrected chi connectivity index (χ3v) is 2.93. The van der Waals surface area contributed by atoms with Crippen LogP contribution in [0.4, 0.5) is 0 Å². The van der Waals surface area contributed by atoms with Crippen LogP contribution >= 0.6 is 0 Å². The van der Waals surface area contributed by atoms with Gasteiger partial charge in [-0.15, -0.1) is 0 Å². The van der Waals surface area contributed by atoms with Crippen LogP contribution in [0.15, 0.2) is 30.3 Å². The zero-order valence-corrected chi connectivity index (χ0v) is 11.3. The van der Waals surface area contributed by atoms with Gasteiger partial charge in [-0.3, -0.25) is 4.79 Å². The van der Waals surface area contributed by atoms with E-state index in [-0.39, 0.29) is 12.0 Å². The molecule has 0 saturated carbocycles. The van der Waals surface area contributed by atoms with E-state index in [4.69, 9.17) is 10.5 Å². The van der Waals surface area contributed by atoms with E-state index >= 15 is 0 Å². The van der Waals surface area contributed by atoms with Gasteiger partial charge in [0.2, 0.25) is 5.91 Å². The normalized spacial score (nSPS) is 14.0. The summed E-state index contributed by atoms with van der Waals surface area (Å²) in [6, 6.07) is 9.30. The molecule has 1 rings (SSSR count). The number of hydrogen-bond acceptors (Lipinski definition) is 3. The molecule has 0 aliphatic heterocycles. The molecule has 0 aromatic heterocycles. The van der Waals surface area contributed by atoms with E-state index in [2.05, 4.69) is 0 Å². The number of methoxy groups -OCH3 is 1. The van der Waals surface area contributed by atoms with E-state index in [0.717, 1.165) is 5.56 Å². The number of nitrogens with two attached hydrogens (primary N) is 1. The molecule has 18 heavy (non-hydrogen) atoms. The second kappa shape index (κ2) is 7.13. The Hall–Kier alpha value is -1.39. The molecular weight excluding hydrogens is 228 g/mol. The van der Waals surface area contributed by atoms with E-state index in [1.807, 2.05) is 37.3 Å². The number of carbonyl (C=O) groups excluding carboxylic acids is 1. The van der Waals surface area contributed by atoms with Crippen LogP contribution in [0.5, 0.6) is 0 Å². The highest BCUT2D eigenvalue weighted by atomic mass is 16.5. The molecule has 0 bridgehead atoms. The van der Waals surface area contributed by atoms with Gasteiger partial charge in [-0.25, -0.2) is 0 Å². The second-order valence-electron chi connectivity index (χ2n) is 4.56. The molecule has 4 heteroatoms. The highest BCUT2D eigenvalue weighted by Crippen LogP contribution is 2.04. The molecule has 2 N–H and O–H groups in total. The summed E-state index contributed by atoms with van der Waals surface area (Å²) < 4.78 is 5.13. The van der Waals surface area contributed by atoms with Gasteiger partial charge in [-0.2, -0.15) is 0 Å². The fraction of sp³-hybridized carbons (Fsp3) is 0.500. The van der Waals surface area contributed by atoms with Crippen LogP contribution in [0.1, 0.15) is 12.5 Å². The smallest absolute Gasteiger partial charge is 0.239 e. The van der Waals surface area contributed by atoms with Crippen molar-refractivity contribution < 1.29 is 9.53 Å². The van der Waals surface area contributed by atoms with Gasteiger partial charge in [-0.05, 0) is 18.9 Å². The molecule has 1 aromatic rings. The van der Waals surface area contributed by atoms with Crippen molar-refractivity contribution in [1.82, 2.24) is 4.90 Å². The number of likely N-dealkylation sites (N-methyl/N-ethyl adjacent to an activating group) is 1. The Morgan fingerprint density at radius 1 is 1.39 bits per heavy atom. The van der Waals surface area contributed by atoms with E-state index in [1.165, 1.54) is 0 Å². The summed E-state index contributed by atoms with van der Waals surface area (Å²) in [7, 11) is 3.38. The third-order valence-electron chi connectivity index (χ3n) is 2.93. The SMILES string of the molecule is COC(C)CN(C)C(=O)[C@@H](N)Cc1ccccc1. The van der Waals surface area contributed by atoms with Gasteiger partial charge in [0, 0.05) is 20.7 Å². The number of rotatable bonds is 6. The van der Waals surface area contributed by atoms with Crippen LogP contribution in [-0.2, 0) is 16.0 Å². The van der Waals surface area contributed by atoms with Gasteiger partial charge in [0.15, 0.2) is 0 Å². The molecule has 1 unspecified atom stereocenters. The van der Waals surface area contributed by atoms with Crippen LogP contribution in [-0.4, -0.2) is 43.7 Å². The van der Waals surface area contributed by atoms with Crippen molar-refractivity contribution >= 4 is 5.91 Å². The quantitative estimate of drug-likeness (QED) is 0.821. The van der Waals surface area contributed by atoms with Crippen molar-refractivity contribution in [2.75, 3.05) is 20.7 Å². The first-order chi connectivity index (χ1) is 8.54. The Labute approximate surface area is 109 Å². The predicted octanol–water partition coefficient (Wildman–Crippen LogP) is 1.05. The average molecular weight is 250 g/mol. The molecule has 0 heterocycles. The lowest BCUT2D eigenvalue weighted by molar-refractivity contribution is -0.132. The van der Waals surface area contributed by atoms with Crippen LogP contribution in [0.3, 0.4) is 0 Å². The Balaban J connectivity index is 2.51. The molecule has 1 amide bonds. The summed E-state index contributed by atoms with van der Waals surface area (Å²) in [6.45, 7) is 2.48. The van der Waals surface area contributed by atoms with Crippen LogP contribution in [0.25, 0.3) is 0 Å². The van der Waals surface area contributed by atoms with Gasteiger partial charge >= 0.3 is 0 Å². The Kier molecular flexibility index (Phi) is 5.82. The fourth-order valence-corrected chi connectivity index (χ4v) is 1.79. The molecule has 0 aliphatic carbocycles. The van der Waals surface area contributed by atoms with Crippen LogP contribution in [0.2, 0.25) is 0 Å². The third kappa shape index (κ3) is 4.47. The summed E-state index contributed by atoms with van der Waals surface area (Å²) in [5.74, 6) is -0.0530. The number of nitrogens with zero attached hydrogens (tertiary/aromatic N) is 1. The number of carbonyl (C=O) groups is 1. The highest BCUT2D eigenvalue weighted by molar-refractivity contribution is 5.81. The summed E-state index contributed by atoms with van der Waals surface area (Å²) in [5, 5.41) is 0. The topological polar surface area (TPSA) is 55.6 Å². The van der Waals surface area contributed by atoms with Gasteiger partial charge in [0.25, 0.3) is 0 Å². The summed E-state index contributed by atoms with van der Waals surface area (Å²) in [6.07, 6.45) is 0.577. The number of hydrogen-bond donors (Lipinski definition) is 1. The maximum atomic E-state index is 12.0. The number of benzene rings is 1. The monoisotopic (exact) mass is 250 g/mol.